The number of rotatable bonds is 12. The first-order chi connectivity index (χ1) is 10.3. The second kappa shape index (κ2) is 11.8. The number of nitrogens with one attached hydrogen (secondary N) is 1. The fraction of sp³-hybridized carbons (Fsp3) is 0.700. The second-order valence-corrected chi connectivity index (χ2v) is 6.25. The smallest absolute Gasteiger partial charge is 0.0317 e. The lowest BCUT2D eigenvalue weighted by atomic mass is 9.97. The summed E-state index contributed by atoms with van der Waals surface area (Å²) >= 11 is 0. The highest BCUT2D eigenvalue weighted by molar-refractivity contribution is 5.26. The van der Waals surface area contributed by atoms with Crippen molar-refractivity contribution < 1.29 is 0 Å². The highest BCUT2D eigenvalue weighted by Crippen LogP contribution is 2.21. The van der Waals surface area contributed by atoms with E-state index in [0.29, 0.717) is 6.04 Å². The van der Waals surface area contributed by atoms with Crippen LogP contribution in [0.25, 0.3) is 0 Å². The monoisotopic (exact) mass is 289 g/mol. The van der Waals surface area contributed by atoms with E-state index in [2.05, 4.69) is 50.5 Å². The van der Waals surface area contributed by atoms with Gasteiger partial charge in [0.25, 0.3) is 0 Å². The number of hydrogen-bond donors (Lipinski definition) is 1. The van der Waals surface area contributed by atoms with E-state index in [0.717, 1.165) is 0 Å². The van der Waals surface area contributed by atoms with Crippen LogP contribution >= 0.6 is 0 Å². The van der Waals surface area contributed by atoms with Crippen LogP contribution < -0.4 is 5.32 Å². The molecule has 0 amide bonds. The van der Waals surface area contributed by atoms with Gasteiger partial charge in [-0.05, 0) is 31.0 Å². The molecule has 1 aromatic carbocycles. The van der Waals surface area contributed by atoms with Crippen LogP contribution in [0.1, 0.15) is 88.8 Å². The Morgan fingerprint density at radius 1 is 0.905 bits per heavy atom. The van der Waals surface area contributed by atoms with Crippen molar-refractivity contribution in [3.05, 3.63) is 35.4 Å². The van der Waals surface area contributed by atoms with E-state index in [1.165, 1.54) is 75.3 Å². The quantitative estimate of drug-likeness (QED) is 0.462. The van der Waals surface area contributed by atoms with Crippen LogP contribution in [-0.4, -0.2) is 7.05 Å². The third kappa shape index (κ3) is 7.66. The molecule has 1 N–H and O–H groups in total. The van der Waals surface area contributed by atoms with E-state index < -0.39 is 0 Å². The molecule has 0 saturated carbocycles. The summed E-state index contributed by atoms with van der Waals surface area (Å²) < 4.78 is 0. The number of aryl methyl sites for hydroxylation is 1. The molecule has 120 valence electrons. The summed E-state index contributed by atoms with van der Waals surface area (Å²) in [6.45, 7) is 4.53. The Bertz CT molecular complexity index is 359. The van der Waals surface area contributed by atoms with Crippen LogP contribution in [-0.2, 0) is 6.42 Å². The number of benzene rings is 1. The Labute approximate surface area is 132 Å². The lowest BCUT2D eigenvalue weighted by Gasteiger charge is -2.17. The summed E-state index contributed by atoms with van der Waals surface area (Å²) in [7, 11) is 2.10. The van der Waals surface area contributed by atoms with E-state index in [9.17, 15) is 0 Å². The molecule has 0 aliphatic carbocycles. The Morgan fingerprint density at radius 3 is 2.29 bits per heavy atom. The summed E-state index contributed by atoms with van der Waals surface area (Å²) in [5.41, 5.74) is 2.95. The minimum Gasteiger partial charge on any atom is -0.313 e. The minimum atomic E-state index is 0.525. The molecule has 1 aromatic rings. The summed E-state index contributed by atoms with van der Waals surface area (Å²) in [6.07, 6.45) is 13.4. The Morgan fingerprint density at radius 2 is 1.62 bits per heavy atom. The van der Waals surface area contributed by atoms with E-state index in [4.69, 9.17) is 0 Å². The van der Waals surface area contributed by atoms with E-state index in [-0.39, 0.29) is 0 Å². The zero-order chi connectivity index (χ0) is 15.3. The molecular formula is C20H35N. The van der Waals surface area contributed by atoms with E-state index in [1.807, 2.05) is 0 Å². The molecule has 0 saturated heterocycles. The third-order valence-electron chi connectivity index (χ3n) is 4.34. The van der Waals surface area contributed by atoms with Gasteiger partial charge >= 0.3 is 0 Å². The molecule has 21 heavy (non-hydrogen) atoms. The topological polar surface area (TPSA) is 12.0 Å². The van der Waals surface area contributed by atoms with Crippen LogP contribution in [0.15, 0.2) is 24.3 Å². The summed E-state index contributed by atoms with van der Waals surface area (Å²) in [4.78, 5) is 0. The van der Waals surface area contributed by atoms with Crippen LogP contribution in [0.5, 0.6) is 0 Å². The highest BCUT2D eigenvalue weighted by atomic mass is 14.9. The van der Waals surface area contributed by atoms with Gasteiger partial charge in [-0.25, -0.2) is 0 Å². The summed E-state index contributed by atoms with van der Waals surface area (Å²) in [6, 6.07) is 9.67. The van der Waals surface area contributed by atoms with Gasteiger partial charge in [-0.15, -0.1) is 0 Å². The van der Waals surface area contributed by atoms with Gasteiger partial charge in [0.05, 0.1) is 0 Å². The van der Waals surface area contributed by atoms with Crippen molar-refractivity contribution in [2.24, 2.45) is 0 Å². The van der Waals surface area contributed by atoms with Gasteiger partial charge in [-0.1, -0.05) is 89.5 Å². The molecule has 0 aliphatic rings. The van der Waals surface area contributed by atoms with Crippen molar-refractivity contribution in [1.82, 2.24) is 5.32 Å². The first-order valence-electron chi connectivity index (χ1n) is 9.07. The van der Waals surface area contributed by atoms with Crippen molar-refractivity contribution in [2.45, 2.75) is 84.1 Å². The summed E-state index contributed by atoms with van der Waals surface area (Å²) in [5, 5.41) is 3.50. The zero-order valence-electron chi connectivity index (χ0n) is 14.5. The molecule has 0 spiro atoms. The zero-order valence-corrected chi connectivity index (χ0v) is 14.5. The predicted molar refractivity (Wildman–Crippen MR) is 94.8 cm³/mol. The van der Waals surface area contributed by atoms with Crippen LogP contribution in [0.3, 0.4) is 0 Å². The predicted octanol–water partition coefficient (Wildman–Crippen LogP) is 6.04. The maximum atomic E-state index is 3.50. The van der Waals surface area contributed by atoms with Gasteiger partial charge in [-0.3, -0.25) is 0 Å². The van der Waals surface area contributed by atoms with Crippen molar-refractivity contribution in [3.8, 4) is 0 Å². The van der Waals surface area contributed by atoms with Crippen molar-refractivity contribution >= 4 is 0 Å². The van der Waals surface area contributed by atoms with Crippen LogP contribution in [0.4, 0.5) is 0 Å². The number of unbranched alkanes of at least 4 members (excludes halogenated alkanes) is 6. The van der Waals surface area contributed by atoms with Gasteiger partial charge in [0.1, 0.15) is 0 Å². The molecule has 0 bridgehead atoms. The first-order valence-corrected chi connectivity index (χ1v) is 9.07. The van der Waals surface area contributed by atoms with Crippen LogP contribution in [0.2, 0.25) is 0 Å². The van der Waals surface area contributed by atoms with Crippen LogP contribution in [0, 0.1) is 0 Å². The molecule has 1 unspecified atom stereocenters. The van der Waals surface area contributed by atoms with Gasteiger partial charge in [-0.2, -0.15) is 0 Å². The van der Waals surface area contributed by atoms with Crippen molar-refractivity contribution in [2.75, 3.05) is 7.05 Å². The third-order valence-corrected chi connectivity index (χ3v) is 4.34. The number of hydrogen-bond acceptors (Lipinski definition) is 1. The molecule has 0 aliphatic heterocycles. The van der Waals surface area contributed by atoms with Gasteiger partial charge in [0, 0.05) is 6.04 Å². The molecule has 1 heteroatoms. The molecule has 0 aromatic heterocycles. The molecule has 1 nitrogen and oxygen atoms in total. The molecule has 0 heterocycles. The van der Waals surface area contributed by atoms with Gasteiger partial charge in [0.2, 0.25) is 0 Å². The minimum absolute atomic E-state index is 0.525. The SMILES string of the molecule is CCCCCCCCCC(NC)c1cccc(CCC)c1. The lowest BCUT2D eigenvalue weighted by Crippen LogP contribution is -2.16. The molecule has 1 rings (SSSR count). The van der Waals surface area contributed by atoms with Gasteiger partial charge in [0.15, 0.2) is 0 Å². The first kappa shape index (κ1) is 18.2. The Hall–Kier alpha value is -0.820. The molecular weight excluding hydrogens is 254 g/mol. The highest BCUT2D eigenvalue weighted by Gasteiger charge is 2.09. The van der Waals surface area contributed by atoms with Crippen molar-refractivity contribution in [3.63, 3.8) is 0 Å². The van der Waals surface area contributed by atoms with E-state index >= 15 is 0 Å². The maximum absolute atomic E-state index is 3.50. The molecule has 0 radical (unpaired) electrons. The summed E-state index contributed by atoms with van der Waals surface area (Å²) in [5.74, 6) is 0. The normalized spacial score (nSPS) is 12.5. The Balaban J connectivity index is 2.32. The average Bonchev–Trinajstić information content (AvgIpc) is 2.51. The Kier molecular flexibility index (Phi) is 10.2. The largest absolute Gasteiger partial charge is 0.313 e. The molecule has 0 fully saturated rings. The van der Waals surface area contributed by atoms with Crippen molar-refractivity contribution in [1.29, 1.82) is 0 Å². The molecule has 1 atom stereocenters. The average molecular weight is 290 g/mol. The maximum Gasteiger partial charge on any atom is 0.0317 e. The lowest BCUT2D eigenvalue weighted by molar-refractivity contribution is 0.495. The standard InChI is InChI=1S/C20H35N/c1-4-6-7-8-9-10-11-16-20(21-3)19-15-12-14-18(17-19)13-5-2/h12,14-15,17,20-21H,4-11,13,16H2,1-3H3. The fourth-order valence-corrected chi connectivity index (χ4v) is 3.04. The second-order valence-electron chi connectivity index (χ2n) is 6.25. The van der Waals surface area contributed by atoms with E-state index in [1.54, 1.807) is 0 Å². The fourth-order valence-electron chi connectivity index (χ4n) is 3.04. The van der Waals surface area contributed by atoms with Gasteiger partial charge < -0.3 is 5.32 Å².